The molecule has 1 heterocycles. The largest absolute Gasteiger partial charge is 0.312 e. The van der Waals surface area contributed by atoms with Crippen LogP contribution in [0.4, 0.5) is 4.39 Å². The summed E-state index contributed by atoms with van der Waals surface area (Å²) in [5.74, 6) is -0.174. The van der Waals surface area contributed by atoms with Gasteiger partial charge in [-0.1, -0.05) is 36.7 Å². The summed E-state index contributed by atoms with van der Waals surface area (Å²) in [6.45, 7) is 11.9. The zero-order valence-corrected chi connectivity index (χ0v) is 15.0. The van der Waals surface area contributed by atoms with Gasteiger partial charge in [-0.05, 0) is 49.1 Å². The number of rotatable bonds is 2. The molecule has 1 saturated heterocycles. The first kappa shape index (κ1) is 16.9. The van der Waals surface area contributed by atoms with Crippen molar-refractivity contribution in [1.82, 2.24) is 10.2 Å². The monoisotopic (exact) mass is 356 g/mol. The van der Waals surface area contributed by atoms with Gasteiger partial charge in [0.25, 0.3) is 0 Å². The quantitative estimate of drug-likeness (QED) is 0.854. The third-order valence-electron chi connectivity index (χ3n) is 4.35. The van der Waals surface area contributed by atoms with Crippen LogP contribution in [0.25, 0.3) is 0 Å². The van der Waals surface area contributed by atoms with Gasteiger partial charge in [-0.25, -0.2) is 4.39 Å². The van der Waals surface area contributed by atoms with E-state index in [4.69, 9.17) is 0 Å². The Balaban J connectivity index is 2.15. The summed E-state index contributed by atoms with van der Waals surface area (Å²) in [7, 11) is 0. The maximum atomic E-state index is 13.6. The van der Waals surface area contributed by atoms with Gasteiger partial charge < -0.3 is 5.32 Å². The van der Waals surface area contributed by atoms with Crippen molar-refractivity contribution in [2.75, 3.05) is 13.1 Å². The van der Waals surface area contributed by atoms with Crippen molar-refractivity contribution in [1.29, 1.82) is 0 Å². The molecule has 118 valence electrons. The van der Waals surface area contributed by atoms with Crippen molar-refractivity contribution in [3.8, 4) is 0 Å². The van der Waals surface area contributed by atoms with Crippen LogP contribution in [0.15, 0.2) is 22.7 Å². The van der Waals surface area contributed by atoms with Crippen molar-refractivity contribution >= 4 is 15.9 Å². The van der Waals surface area contributed by atoms with E-state index in [2.05, 4.69) is 53.8 Å². The van der Waals surface area contributed by atoms with Gasteiger partial charge in [-0.3, -0.25) is 4.90 Å². The minimum Gasteiger partial charge on any atom is -0.312 e. The van der Waals surface area contributed by atoms with E-state index < -0.39 is 0 Å². The smallest absolute Gasteiger partial charge is 0.124 e. The number of hydrogen-bond donors (Lipinski definition) is 1. The summed E-state index contributed by atoms with van der Waals surface area (Å²) < 4.78 is 14.4. The third-order valence-corrected chi connectivity index (χ3v) is 4.80. The number of hydrogen-bond acceptors (Lipinski definition) is 2. The molecule has 0 aromatic heterocycles. The van der Waals surface area contributed by atoms with Crippen LogP contribution in [-0.2, 0) is 6.54 Å². The lowest BCUT2D eigenvalue weighted by molar-refractivity contribution is 0.157. The maximum absolute atomic E-state index is 13.6. The minimum absolute atomic E-state index is 0.174. The molecular weight excluding hydrogens is 331 g/mol. The van der Waals surface area contributed by atoms with Gasteiger partial charge in [-0.15, -0.1) is 0 Å². The number of halogens is 2. The van der Waals surface area contributed by atoms with Crippen LogP contribution in [0.2, 0.25) is 0 Å². The van der Waals surface area contributed by atoms with Gasteiger partial charge in [0.2, 0.25) is 0 Å². The number of nitrogens with zero attached hydrogens (tertiary/aromatic N) is 1. The summed E-state index contributed by atoms with van der Waals surface area (Å²) in [6, 6.07) is 6.13. The van der Waals surface area contributed by atoms with E-state index in [0.717, 1.165) is 36.1 Å². The Morgan fingerprint density at radius 1 is 1.33 bits per heavy atom. The van der Waals surface area contributed by atoms with Crippen molar-refractivity contribution in [3.05, 3.63) is 34.1 Å². The molecule has 2 atom stereocenters. The fraction of sp³-hybridized carbons (Fsp3) is 0.647. The molecule has 1 aliphatic heterocycles. The van der Waals surface area contributed by atoms with Crippen molar-refractivity contribution < 1.29 is 4.39 Å². The summed E-state index contributed by atoms with van der Waals surface area (Å²) in [6.07, 6.45) is 1.13. The van der Waals surface area contributed by atoms with E-state index in [1.807, 2.05) is 6.07 Å². The van der Waals surface area contributed by atoms with Gasteiger partial charge in [0, 0.05) is 29.6 Å². The molecule has 2 rings (SSSR count). The van der Waals surface area contributed by atoms with Crippen LogP contribution >= 0.6 is 15.9 Å². The second-order valence-electron chi connectivity index (χ2n) is 7.22. The number of nitrogens with one attached hydrogen (secondary N) is 1. The van der Waals surface area contributed by atoms with Gasteiger partial charge in [0.1, 0.15) is 5.82 Å². The molecule has 0 spiro atoms. The molecular formula is C17H26BrFN2. The Hall–Kier alpha value is -0.450. The molecule has 1 aliphatic rings. The molecule has 0 amide bonds. The second kappa shape index (κ2) is 6.76. The lowest BCUT2D eigenvalue weighted by atomic mass is 9.86. The lowest BCUT2D eigenvalue weighted by Crippen LogP contribution is -2.47. The van der Waals surface area contributed by atoms with Crippen LogP contribution < -0.4 is 5.32 Å². The first-order valence-electron chi connectivity index (χ1n) is 7.68. The predicted molar refractivity (Wildman–Crippen MR) is 89.8 cm³/mol. The van der Waals surface area contributed by atoms with E-state index in [0.29, 0.717) is 12.1 Å². The summed E-state index contributed by atoms with van der Waals surface area (Å²) in [5.41, 5.74) is 1.26. The molecule has 1 fully saturated rings. The van der Waals surface area contributed by atoms with E-state index in [1.165, 1.54) is 6.07 Å². The normalized spacial score (nSPS) is 24.9. The molecule has 0 bridgehead atoms. The topological polar surface area (TPSA) is 15.3 Å². The van der Waals surface area contributed by atoms with Gasteiger partial charge in [0.15, 0.2) is 0 Å². The molecule has 2 nitrogen and oxygen atoms in total. The Bertz CT molecular complexity index is 464. The SMILES string of the molecule is CC1CCNC(C(C)(C)C)CN1Cc1cc(F)cc(Br)c1. The second-order valence-corrected chi connectivity index (χ2v) is 8.13. The summed E-state index contributed by atoms with van der Waals surface area (Å²) in [5, 5.41) is 3.67. The van der Waals surface area contributed by atoms with E-state index >= 15 is 0 Å². The van der Waals surface area contributed by atoms with Crippen LogP contribution in [0.1, 0.15) is 39.7 Å². The summed E-state index contributed by atoms with van der Waals surface area (Å²) >= 11 is 3.38. The van der Waals surface area contributed by atoms with E-state index in [-0.39, 0.29) is 11.2 Å². The van der Waals surface area contributed by atoms with Gasteiger partial charge in [0.05, 0.1) is 0 Å². The number of benzene rings is 1. The molecule has 0 radical (unpaired) electrons. The molecule has 21 heavy (non-hydrogen) atoms. The lowest BCUT2D eigenvalue weighted by Gasteiger charge is -2.35. The molecule has 1 aromatic rings. The Morgan fingerprint density at radius 2 is 2.05 bits per heavy atom. The fourth-order valence-electron chi connectivity index (χ4n) is 2.87. The molecule has 1 aromatic carbocycles. The molecule has 2 unspecified atom stereocenters. The Labute approximate surface area is 136 Å². The standard InChI is InChI=1S/C17H26BrFN2/c1-12-5-6-20-16(17(2,3)4)11-21(12)10-13-7-14(18)9-15(19)8-13/h7-9,12,16,20H,5-6,10-11H2,1-4H3. The van der Waals surface area contributed by atoms with Crippen molar-refractivity contribution in [2.45, 2.75) is 52.7 Å². The van der Waals surface area contributed by atoms with Crippen molar-refractivity contribution in [3.63, 3.8) is 0 Å². The molecule has 4 heteroatoms. The fourth-order valence-corrected chi connectivity index (χ4v) is 3.38. The van der Waals surface area contributed by atoms with Crippen molar-refractivity contribution in [2.24, 2.45) is 5.41 Å². The maximum Gasteiger partial charge on any atom is 0.124 e. The van der Waals surface area contributed by atoms with Crippen LogP contribution in [0, 0.1) is 11.2 Å². The highest BCUT2D eigenvalue weighted by Gasteiger charge is 2.30. The highest BCUT2D eigenvalue weighted by molar-refractivity contribution is 9.10. The van der Waals surface area contributed by atoms with Crippen LogP contribution in [0.5, 0.6) is 0 Å². The van der Waals surface area contributed by atoms with Crippen LogP contribution in [-0.4, -0.2) is 30.1 Å². The predicted octanol–water partition coefficient (Wildman–Crippen LogP) is 4.19. The Morgan fingerprint density at radius 3 is 2.67 bits per heavy atom. The minimum atomic E-state index is -0.174. The first-order valence-corrected chi connectivity index (χ1v) is 8.47. The zero-order valence-electron chi connectivity index (χ0n) is 13.4. The average molecular weight is 357 g/mol. The van der Waals surface area contributed by atoms with Gasteiger partial charge >= 0.3 is 0 Å². The highest BCUT2D eigenvalue weighted by atomic mass is 79.9. The van der Waals surface area contributed by atoms with E-state index in [9.17, 15) is 4.39 Å². The van der Waals surface area contributed by atoms with E-state index in [1.54, 1.807) is 6.07 Å². The zero-order chi connectivity index (χ0) is 15.6. The highest BCUT2D eigenvalue weighted by Crippen LogP contribution is 2.25. The Kier molecular flexibility index (Phi) is 5.44. The molecule has 0 aliphatic carbocycles. The van der Waals surface area contributed by atoms with Crippen LogP contribution in [0.3, 0.4) is 0 Å². The average Bonchev–Trinajstić information content (AvgIpc) is 2.50. The third kappa shape index (κ3) is 4.76. The molecule has 1 N–H and O–H groups in total. The first-order chi connectivity index (χ1) is 9.75. The summed E-state index contributed by atoms with van der Waals surface area (Å²) in [4.78, 5) is 2.47. The molecule has 0 saturated carbocycles. The van der Waals surface area contributed by atoms with Gasteiger partial charge in [-0.2, -0.15) is 0 Å².